The highest BCUT2D eigenvalue weighted by Crippen LogP contribution is 2.30. The SMILES string of the molecule is CCC[Si](CCC)(CSC[Si](CCC)(CCC)OCC)OCC. The minimum absolute atomic E-state index is 0.894. The third-order valence-corrected chi connectivity index (χ3v) is 17.7. The molecule has 0 N–H and O–H groups in total. The van der Waals surface area contributed by atoms with Gasteiger partial charge in [-0.2, -0.15) is 11.8 Å². The summed E-state index contributed by atoms with van der Waals surface area (Å²) in [7, 11) is -3.07. The molecule has 0 aliphatic rings. The Labute approximate surface area is 152 Å². The molecule has 0 amide bonds. The van der Waals surface area contributed by atoms with E-state index in [1.54, 1.807) is 0 Å². The Morgan fingerprint density at radius 1 is 0.565 bits per heavy atom. The van der Waals surface area contributed by atoms with Crippen LogP contribution in [0.2, 0.25) is 24.2 Å². The van der Waals surface area contributed by atoms with Crippen LogP contribution in [-0.4, -0.2) is 40.6 Å². The molecule has 0 saturated carbocycles. The molecule has 0 aromatic carbocycles. The van der Waals surface area contributed by atoms with Gasteiger partial charge in [0.05, 0.1) is 0 Å². The van der Waals surface area contributed by atoms with E-state index in [2.05, 4.69) is 53.3 Å². The van der Waals surface area contributed by atoms with Crippen molar-refractivity contribution in [3.8, 4) is 0 Å². The molecule has 140 valence electrons. The van der Waals surface area contributed by atoms with Crippen LogP contribution in [0.1, 0.15) is 67.2 Å². The fraction of sp³-hybridized carbons (Fsp3) is 1.00. The van der Waals surface area contributed by atoms with Crippen LogP contribution >= 0.6 is 11.8 Å². The summed E-state index contributed by atoms with van der Waals surface area (Å²) in [6.45, 7) is 15.4. The first-order valence-electron chi connectivity index (χ1n) is 9.93. The summed E-state index contributed by atoms with van der Waals surface area (Å²) in [4.78, 5) is 0. The molecule has 23 heavy (non-hydrogen) atoms. The highest BCUT2D eigenvalue weighted by Gasteiger charge is 2.37. The van der Waals surface area contributed by atoms with Gasteiger partial charge in [0.2, 0.25) is 16.6 Å². The van der Waals surface area contributed by atoms with Crippen LogP contribution in [0.4, 0.5) is 0 Å². The van der Waals surface area contributed by atoms with Gasteiger partial charge in [0, 0.05) is 24.0 Å². The maximum absolute atomic E-state index is 6.40. The predicted octanol–water partition coefficient (Wildman–Crippen LogP) is 6.40. The molecule has 0 atom stereocenters. The summed E-state index contributed by atoms with van der Waals surface area (Å²) in [5.41, 5.74) is 0. The third kappa shape index (κ3) is 9.10. The van der Waals surface area contributed by atoms with Crippen LogP contribution in [0, 0.1) is 0 Å². The van der Waals surface area contributed by atoms with Crippen LogP contribution in [0.5, 0.6) is 0 Å². The van der Waals surface area contributed by atoms with E-state index in [4.69, 9.17) is 8.85 Å². The fourth-order valence-corrected chi connectivity index (χ4v) is 17.0. The van der Waals surface area contributed by atoms with E-state index in [9.17, 15) is 0 Å². The van der Waals surface area contributed by atoms with Crippen LogP contribution in [0.25, 0.3) is 0 Å². The first-order valence-corrected chi connectivity index (χ1v) is 16.1. The van der Waals surface area contributed by atoms with E-state index in [1.807, 2.05) is 0 Å². The Morgan fingerprint density at radius 3 is 1.09 bits per heavy atom. The smallest absolute Gasteiger partial charge is 0.202 e. The Balaban J connectivity index is 4.82. The Morgan fingerprint density at radius 2 is 0.870 bits per heavy atom. The molecule has 0 fully saturated rings. The van der Waals surface area contributed by atoms with Gasteiger partial charge in [-0.05, 0) is 38.0 Å². The third-order valence-electron chi connectivity index (χ3n) is 4.45. The molecule has 0 radical (unpaired) electrons. The van der Waals surface area contributed by atoms with E-state index < -0.39 is 16.6 Å². The Kier molecular flexibility index (Phi) is 14.4. The monoisotopic (exact) mass is 378 g/mol. The zero-order valence-corrected chi connectivity index (χ0v) is 19.5. The minimum atomic E-state index is -1.53. The number of hydrogen-bond acceptors (Lipinski definition) is 3. The van der Waals surface area contributed by atoms with Crippen molar-refractivity contribution in [1.29, 1.82) is 0 Å². The molecule has 0 aromatic rings. The second-order valence-corrected chi connectivity index (χ2v) is 16.8. The van der Waals surface area contributed by atoms with Crippen LogP contribution in [-0.2, 0) is 8.85 Å². The van der Waals surface area contributed by atoms with Crippen molar-refractivity contribution >= 4 is 28.4 Å². The number of hydrogen-bond donors (Lipinski definition) is 0. The molecule has 0 saturated heterocycles. The maximum Gasteiger partial charge on any atom is 0.202 e. The predicted molar refractivity (Wildman–Crippen MR) is 112 cm³/mol. The summed E-state index contributed by atoms with van der Waals surface area (Å²) < 4.78 is 12.8. The van der Waals surface area contributed by atoms with Gasteiger partial charge in [0.25, 0.3) is 0 Å². The van der Waals surface area contributed by atoms with Gasteiger partial charge < -0.3 is 8.85 Å². The zero-order chi connectivity index (χ0) is 17.6. The molecule has 0 aliphatic heterocycles. The van der Waals surface area contributed by atoms with Crippen molar-refractivity contribution in [3.05, 3.63) is 0 Å². The van der Waals surface area contributed by atoms with E-state index >= 15 is 0 Å². The van der Waals surface area contributed by atoms with Crippen molar-refractivity contribution < 1.29 is 8.85 Å². The van der Waals surface area contributed by atoms with E-state index in [0.717, 1.165) is 13.2 Å². The molecule has 2 nitrogen and oxygen atoms in total. The van der Waals surface area contributed by atoms with Gasteiger partial charge in [0.15, 0.2) is 0 Å². The molecule has 0 bridgehead atoms. The van der Waals surface area contributed by atoms with Crippen molar-refractivity contribution in [1.82, 2.24) is 0 Å². The van der Waals surface area contributed by atoms with Gasteiger partial charge in [-0.3, -0.25) is 0 Å². The molecule has 0 spiro atoms. The zero-order valence-electron chi connectivity index (χ0n) is 16.7. The second kappa shape index (κ2) is 13.9. The first kappa shape index (κ1) is 23.7. The highest BCUT2D eigenvalue weighted by atomic mass is 32.2. The van der Waals surface area contributed by atoms with Crippen LogP contribution in [0.3, 0.4) is 0 Å². The van der Waals surface area contributed by atoms with Gasteiger partial charge in [-0.1, -0.05) is 53.4 Å². The van der Waals surface area contributed by atoms with E-state index in [-0.39, 0.29) is 0 Å². The average molecular weight is 379 g/mol. The van der Waals surface area contributed by atoms with E-state index in [1.165, 1.54) is 60.6 Å². The molecule has 0 aliphatic carbocycles. The largest absolute Gasteiger partial charge is 0.416 e. The minimum Gasteiger partial charge on any atom is -0.416 e. The Hall–Kier alpha value is 0.704. The number of thioether (sulfide) groups is 1. The van der Waals surface area contributed by atoms with Gasteiger partial charge in [0.1, 0.15) is 0 Å². The summed E-state index contributed by atoms with van der Waals surface area (Å²) in [6, 6.07) is 5.30. The van der Waals surface area contributed by atoms with Crippen LogP contribution in [0.15, 0.2) is 0 Å². The maximum atomic E-state index is 6.40. The molecule has 0 heterocycles. The van der Waals surface area contributed by atoms with Crippen molar-refractivity contribution in [3.63, 3.8) is 0 Å². The van der Waals surface area contributed by atoms with Gasteiger partial charge in [-0.25, -0.2) is 0 Å². The molecular formula is C18H42O2SSi2. The first-order chi connectivity index (χ1) is 11.1. The summed E-state index contributed by atoms with van der Waals surface area (Å²) in [5.74, 6) is 0. The van der Waals surface area contributed by atoms with Gasteiger partial charge in [-0.15, -0.1) is 0 Å². The lowest BCUT2D eigenvalue weighted by Gasteiger charge is -2.34. The summed E-state index contributed by atoms with van der Waals surface area (Å²) in [6.07, 6.45) is 5.07. The standard InChI is InChI=1S/C18H42O2SSi2/c1-7-13-22(14-8-2,19-11-5)17-21-18-23(15-9-3,16-10-4)20-12-6/h7-18H2,1-6H3. The van der Waals surface area contributed by atoms with Crippen molar-refractivity contribution in [2.45, 2.75) is 91.4 Å². The Bertz CT molecular complexity index is 218. The molecule has 5 heteroatoms. The van der Waals surface area contributed by atoms with E-state index in [0.29, 0.717) is 0 Å². The quantitative estimate of drug-likeness (QED) is 0.289. The normalized spacial score (nSPS) is 12.8. The summed E-state index contributed by atoms with van der Waals surface area (Å²) >= 11 is 2.18. The fourth-order valence-electron chi connectivity index (χ4n) is 3.77. The van der Waals surface area contributed by atoms with Crippen LogP contribution < -0.4 is 0 Å². The summed E-state index contributed by atoms with van der Waals surface area (Å²) in [5, 5.41) is 2.55. The average Bonchev–Trinajstić information content (AvgIpc) is 2.49. The molecule has 0 aromatic heterocycles. The van der Waals surface area contributed by atoms with Crippen molar-refractivity contribution in [2.24, 2.45) is 0 Å². The molecule has 0 unspecified atom stereocenters. The van der Waals surface area contributed by atoms with Crippen molar-refractivity contribution in [2.75, 3.05) is 24.0 Å². The van der Waals surface area contributed by atoms with Gasteiger partial charge >= 0.3 is 0 Å². The number of rotatable bonds is 16. The molecular weight excluding hydrogens is 336 g/mol. The lowest BCUT2D eigenvalue weighted by atomic mass is 10.6. The second-order valence-electron chi connectivity index (χ2n) is 6.72. The highest BCUT2D eigenvalue weighted by molar-refractivity contribution is 8.02. The topological polar surface area (TPSA) is 18.5 Å². The molecule has 0 rings (SSSR count). The lowest BCUT2D eigenvalue weighted by Crippen LogP contribution is -2.45. The lowest BCUT2D eigenvalue weighted by molar-refractivity contribution is 0.321.